The first-order valence-electron chi connectivity index (χ1n) is 17.6. The Kier molecular flexibility index (Phi) is 9.21. The highest BCUT2D eigenvalue weighted by Crippen LogP contribution is 2.42. The van der Waals surface area contributed by atoms with Crippen molar-refractivity contribution in [2.45, 2.75) is 90.6 Å². The van der Waals surface area contributed by atoms with Crippen LogP contribution in [0.4, 0.5) is 16.4 Å². The minimum Gasteiger partial charge on any atom is -0.442 e. The molecule has 0 aromatic carbocycles. The van der Waals surface area contributed by atoms with Gasteiger partial charge in [-0.3, -0.25) is 4.99 Å². The van der Waals surface area contributed by atoms with Crippen LogP contribution in [0.25, 0.3) is 11.2 Å². The third-order valence-corrected chi connectivity index (χ3v) is 9.85. The molecule has 14 heteroatoms. The fourth-order valence-corrected chi connectivity index (χ4v) is 7.35. The number of aromatic nitrogens is 4. The number of piperidine rings is 2. The molecule has 1 unspecified atom stereocenters. The summed E-state index contributed by atoms with van der Waals surface area (Å²) in [4.78, 5) is 40.7. The zero-order valence-corrected chi connectivity index (χ0v) is 29.6. The molecule has 7 rings (SSSR count). The van der Waals surface area contributed by atoms with Crippen LogP contribution in [-0.2, 0) is 14.2 Å². The lowest BCUT2D eigenvalue weighted by Crippen LogP contribution is -2.45. The maximum absolute atomic E-state index is 12.7. The maximum Gasteiger partial charge on any atom is 0.434 e. The molecule has 2 atom stereocenters. The molecule has 264 valence electrons. The fraction of sp³-hybridized carbons (Fsp3) is 0.583. The number of allylic oxidation sites excluding steroid dienone is 2. The van der Waals surface area contributed by atoms with Gasteiger partial charge in [0.25, 0.3) is 0 Å². The molecule has 1 amide bonds. The van der Waals surface area contributed by atoms with Gasteiger partial charge < -0.3 is 29.7 Å². The molecule has 0 saturated carbocycles. The SMILES string of the molecule is CN=C/C(=C\N)C1=C=C=C2C(=N1)CCCN2c1nn(C2CCCCO2)c2nc(N3CCC4(CC3)CO[C@@H](C)/C4=N\C(=O)OC(C)(C)C)cnc12. The van der Waals surface area contributed by atoms with Gasteiger partial charge in [0.1, 0.15) is 22.8 Å². The second-order valence-corrected chi connectivity index (χ2v) is 14.5. The van der Waals surface area contributed by atoms with Crippen LogP contribution in [0.1, 0.15) is 78.9 Å². The van der Waals surface area contributed by atoms with Crippen LogP contribution in [0.5, 0.6) is 0 Å². The molecule has 0 aliphatic carbocycles. The Labute approximate surface area is 292 Å². The van der Waals surface area contributed by atoms with Crippen LogP contribution in [0.2, 0.25) is 0 Å². The van der Waals surface area contributed by atoms with Gasteiger partial charge in [-0.15, -0.1) is 5.10 Å². The first-order valence-corrected chi connectivity index (χ1v) is 17.6. The molecule has 4 fully saturated rings. The number of ether oxygens (including phenoxy) is 3. The number of hydrogen-bond donors (Lipinski definition) is 1. The van der Waals surface area contributed by atoms with Crippen molar-refractivity contribution in [2.75, 3.05) is 49.7 Å². The highest BCUT2D eigenvalue weighted by atomic mass is 16.6. The predicted octanol–water partition coefficient (Wildman–Crippen LogP) is 5.03. The standard InChI is InChI=1S/C36H46N10O4/c1-23-31(42-34(47)50-35(2,3)4)36(22-49-23)13-16-44(17-14-36)28-21-39-30-32(41-28)46(29-10-6-7-18-48-29)43-33(30)45-15-8-9-26-27(45)12-11-25(40-26)24(19-37)20-38-5/h19-21,23,29H,6-10,13-18,22,37H2,1-5H3/b24-19+,38-20?,42-31+/t23-,29?/m0/s1. The van der Waals surface area contributed by atoms with E-state index in [4.69, 9.17) is 40.0 Å². The van der Waals surface area contributed by atoms with Crippen LogP contribution in [0.3, 0.4) is 0 Å². The molecule has 4 saturated heterocycles. The average Bonchev–Trinajstić information content (AvgIpc) is 3.63. The zero-order chi connectivity index (χ0) is 35.0. The molecule has 1 spiro atoms. The van der Waals surface area contributed by atoms with E-state index in [1.54, 1.807) is 13.3 Å². The zero-order valence-electron chi connectivity index (χ0n) is 29.6. The van der Waals surface area contributed by atoms with E-state index in [1.807, 2.05) is 38.6 Å². The van der Waals surface area contributed by atoms with Crippen molar-refractivity contribution in [3.05, 3.63) is 40.8 Å². The number of rotatable bonds is 5. The summed E-state index contributed by atoms with van der Waals surface area (Å²) in [5.74, 6) is 1.48. The molecule has 5 aliphatic rings. The number of hydrogen-bond acceptors (Lipinski definition) is 12. The fourth-order valence-electron chi connectivity index (χ4n) is 7.35. The number of aliphatic imine (C=N–C) groups is 3. The van der Waals surface area contributed by atoms with Crippen LogP contribution in [0, 0.1) is 5.41 Å². The van der Waals surface area contributed by atoms with Gasteiger partial charge in [0.05, 0.1) is 30.3 Å². The number of anilines is 2. The monoisotopic (exact) mass is 682 g/mol. The molecule has 2 N–H and O–H groups in total. The van der Waals surface area contributed by atoms with E-state index < -0.39 is 11.7 Å². The summed E-state index contributed by atoms with van der Waals surface area (Å²) in [6.45, 7) is 10.9. The van der Waals surface area contributed by atoms with Crippen LogP contribution in [0.15, 0.2) is 55.8 Å². The van der Waals surface area contributed by atoms with Gasteiger partial charge in [-0.05, 0) is 84.1 Å². The maximum atomic E-state index is 12.7. The minimum atomic E-state index is -0.614. The second-order valence-electron chi connectivity index (χ2n) is 14.5. The van der Waals surface area contributed by atoms with Gasteiger partial charge in [0.15, 0.2) is 23.2 Å². The summed E-state index contributed by atoms with van der Waals surface area (Å²) < 4.78 is 19.7. The Bertz CT molecular complexity index is 1890. The lowest BCUT2D eigenvalue weighted by Gasteiger charge is -2.39. The van der Waals surface area contributed by atoms with Crippen molar-refractivity contribution in [3.8, 4) is 0 Å². The Morgan fingerprint density at radius 2 is 1.98 bits per heavy atom. The molecule has 5 aliphatic heterocycles. The topological polar surface area (TPSA) is 158 Å². The van der Waals surface area contributed by atoms with Crippen LogP contribution in [-0.4, -0.2) is 95.1 Å². The van der Waals surface area contributed by atoms with E-state index in [1.165, 1.54) is 6.20 Å². The first-order chi connectivity index (χ1) is 24.1. The van der Waals surface area contributed by atoms with Crippen molar-refractivity contribution in [1.82, 2.24) is 19.7 Å². The van der Waals surface area contributed by atoms with E-state index in [9.17, 15) is 4.79 Å². The highest BCUT2D eigenvalue weighted by molar-refractivity contribution is 6.07. The highest BCUT2D eigenvalue weighted by Gasteiger charge is 2.48. The van der Waals surface area contributed by atoms with E-state index in [2.05, 4.69) is 31.2 Å². The molecular formula is C36H46N10O4. The number of fused-ring (bicyclic) bond motifs is 2. The third kappa shape index (κ3) is 6.52. The molecular weight excluding hydrogens is 636 g/mol. The number of carbonyl (C=O) groups is 1. The Hall–Kier alpha value is -4.61. The minimum absolute atomic E-state index is 0.233. The van der Waals surface area contributed by atoms with Crippen molar-refractivity contribution in [1.29, 1.82) is 0 Å². The quantitative estimate of drug-likeness (QED) is 0.335. The van der Waals surface area contributed by atoms with Gasteiger partial charge in [-0.1, -0.05) is 0 Å². The summed E-state index contributed by atoms with van der Waals surface area (Å²) in [6, 6.07) is 0. The van der Waals surface area contributed by atoms with E-state index in [0.29, 0.717) is 54.6 Å². The molecule has 14 nitrogen and oxygen atoms in total. The summed E-state index contributed by atoms with van der Waals surface area (Å²) >= 11 is 0. The van der Waals surface area contributed by atoms with Gasteiger partial charge in [-0.25, -0.2) is 24.4 Å². The number of nitrogens with two attached hydrogens (primary N) is 1. The summed E-state index contributed by atoms with van der Waals surface area (Å²) in [7, 11) is 1.70. The number of carbonyl (C=O) groups excluding carboxylic acids is 1. The molecule has 2 aromatic heterocycles. The number of nitrogens with zero attached hydrogens (tertiary/aromatic N) is 9. The van der Waals surface area contributed by atoms with Crippen molar-refractivity contribution >= 4 is 46.5 Å². The average molecular weight is 683 g/mol. The van der Waals surface area contributed by atoms with Crippen LogP contribution < -0.4 is 15.5 Å². The molecule has 50 heavy (non-hydrogen) atoms. The smallest absolute Gasteiger partial charge is 0.434 e. The first kappa shape index (κ1) is 33.9. The largest absolute Gasteiger partial charge is 0.442 e. The van der Waals surface area contributed by atoms with E-state index >= 15 is 0 Å². The lowest BCUT2D eigenvalue weighted by atomic mass is 9.75. The van der Waals surface area contributed by atoms with Gasteiger partial charge in [0, 0.05) is 56.7 Å². The van der Waals surface area contributed by atoms with Gasteiger partial charge >= 0.3 is 6.09 Å². The van der Waals surface area contributed by atoms with Gasteiger partial charge in [-0.2, -0.15) is 4.99 Å². The lowest BCUT2D eigenvalue weighted by molar-refractivity contribution is -0.0368. The van der Waals surface area contributed by atoms with E-state index in [0.717, 1.165) is 74.4 Å². The normalized spacial score (nSPS) is 24.9. The second kappa shape index (κ2) is 13.6. The van der Waals surface area contributed by atoms with Crippen molar-refractivity contribution in [2.24, 2.45) is 26.1 Å². The summed E-state index contributed by atoms with van der Waals surface area (Å²) in [6.07, 6.45) is 10.1. The van der Waals surface area contributed by atoms with Gasteiger partial charge in [0.2, 0.25) is 0 Å². The Balaban J connectivity index is 1.20. The number of amides is 1. The van der Waals surface area contributed by atoms with Crippen molar-refractivity contribution in [3.63, 3.8) is 0 Å². The summed E-state index contributed by atoms with van der Waals surface area (Å²) in [5.41, 5.74) is 16.6. The third-order valence-electron chi connectivity index (χ3n) is 9.85. The molecule has 2 aromatic rings. The van der Waals surface area contributed by atoms with E-state index in [-0.39, 0.29) is 17.7 Å². The Morgan fingerprint density at radius 1 is 1.16 bits per heavy atom. The molecule has 0 bridgehead atoms. The summed E-state index contributed by atoms with van der Waals surface area (Å²) in [5, 5.41) is 5.14. The van der Waals surface area contributed by atoms with Crippen LogP contribution >= 0.6 is 0 Å². The van der Waals surface area contributed by atoms with Crippen molar-refractivity contribution < 1.29 is 19.0 Å². The molecule has 7 heterocycles. The predicted molar refractivity (Wildman–Crippen MR) is 192 cm³/mol. The Morgan fingerprint density at radius 3 is 2.70 bits per heavy atom. The molecule has 0 radical (unpaired) electrons.